The molecule has 2 atom stereocenters. The molecule has 6 nitrogen and oxygen atoms in total. The lowest BCUT2D eigenvalue weighted by Gasteiger charge is -2.21. The monoisotopic (exact) mass is 351 g/mol. The number of amides is 1. The van der Waals surface area contributed by atoms with E-state index in [1.165, 1.54) is 0 Å². The lowest BCUT2D eigenvalue weighted by atomic mass is 10.0. The predicted octanol–water partition coefficient (Wildman–Crippen LogP) is 2.94. The van der Waals surface area contributed by atoms with Crippen LogP contribution in [0, 0.1) is 0 Å². The molecule has 0 aliphatic rings. The van der Waals surface area contributed by atoms with E-state index in [1.807, 2.05) is 36.4 Å². The van der Waals surface area contributed by atoms with Gasteiger partial charge in [0.2, 0.25) is 0 Å². The van der Waals surface area contributed by atoms with Gasteiger partial charge in [0.15, 0.2) is 0 Å². The van der Waals surface area contributed by atoms with Crippen molar-refractivity contribution >= 4 is 5.91 Å². The molecule has 1 aromatic heterocycles. The zero-order valence-corrected chi connectivity index (χ0v) is 14.6. The van der Waals surface area contributed by atoms with Gasteiger partial charge in [-0.25, -0.2) is 0 Å². The van der Waals surface area contributed by atoms with Gasteiger partial charge in [-0.05, 0) is 30.7 Å². The highest BCUT2D eigenvalue weighted by molar-refractivity contribution is 5.95. The summed E-state index contributed by atoms with van der Waals surface area (Å²) in [6.07, 6.45) is 2.67. The van der Waals surface area contributed by atoms with E-state index in [1.54, 1.807) is 38.6 Å². The minimum absolute atomic E-state index is 0.274. The van der Waals surface area contributed by atoms with Crippen LogP contribution in [0.1, 0.15) is 28.9 Å². The predicted molar refractivity (Wildman–Crippen MR) is 98.9 cm³/mol. The average Bonchev–Trinajstić information content (AvgIpc) is 3.22. The number of benzene rings is 2. The van der Waals surface area contributed by atoms with Crippen molar-refractivity contribution in [1.29, 1.82) is 0 Å². The number of aliphatic hydroxyl groups is 1. The molecular formula is C20H21N3O3. The lowest BCUT2D eigenvalue weighted by Crippen LogP contribution is -2.37. The van der Waals surface area contributed by atoms with Crippen LogP contribution in [0.2, 0.25) is 0 Å². The van der Waals surface area contributed by atoms with Crippen LogP contribution in [-0.2, 0) is 0 Å². The molecule has 0 spiro atoms. The Labute approximate surface area is 151 Å². The third-order valence-electron chi connectivity index (χ3n) is 4.25. The quantitative estimate of drug-likeness (QED) is 0.637. The number of aliphatic hydroxyl groups excluding tert-OH is 1. The van der Waals surface area contributed by atoms with Crippen LogP contribution in [0.25, 0.3) is 11.1 Å². The van der Waals surface area contributed by atoms with E-state index in [2.05, 4.69) is 15.5 Å². The Bertz CT molecular complexity index is 863. The topological polar surface area (TPSA) is 87.2 Å². The second-order valence-electron chi connectivity index (χ2n) is 6.02. The van der Waals surface area contributed by atoms with E-state index in [0.29, 0.717) is 11.3 Å². The summed E-state index contributed by atoms with van der Waals surface area (Å²) in [7, 11) is 1.56. The molecule has 0 saturated carbocycles. The number of methoxy groups -OCH3 is 1. The first kappa shape index (κ1) is 17.7. The SMILES string of the molecule is COc1cc(C(=O)N[C@H](C)[C@@H](O)c2ccccc2)ccc1-c1cn[nH]c1. The van der Waals surface area contributed by atoms with Gasteiger partial charge >= 0.3 is 0 Å². The van der Waals surface area contributed by atoms with Gasteiger partial charge in [0.1, 0.15) is 5.75 Å². The van der Waals surface area contributed by atoms with Crippen molar-refractivity contribution in [3.8, 4) is 16.9 Å². The van der Waals surface area contributed by atoms with Crippen LogP contribution in [0.3, 0.4) is 0 Å². The molecule has 26 heavy (non-hydrogen) atoms. The van der Waals surface area contributed by atoms with Gasteiger partial charge in [0.25, 0.3) is 5.91 Å². The molecule has 0 radical (unpaired) electrons. The van der Waals surface area contributed by atoms with Gasteiger partial charge in [-0.15, -0.1) is 0 Å². The van der Waals surface area contributed by atoms with E-state index < -0.39 is 12.1 Å². The first-order chi connectivity index (χ1) is 12.6. The largest absolute Gasteiger partial charge is 0.496 e. The van der Waals surface area contributed by atoms with Crippen molar-refractivity contribution < 1.29 is 14.6 Å². The molecule has 0 fully saturated rings. The number of nitrogens with one attached hydrogen (secondary N) is 2. The Morgan fingerprint density at radius 3 is 2.65 bits per heavy atom. The highest BCUT2D eigenvalue weighted by atomic mass is 16.5. The number of H-pyrrole nitrogens is 1. The van der Waals surface area contributed by atoms with Crippen molar-refractivity contribution in [3.63, 3.8) is 0 Å². The Hall–Kier alpha value is -3.12. The minimum Gasteiger partial charge on any atom is -0.496 e. The molecule has 2 aromatic carbocycles. The molecule has 0 unspecified atom stereocenters. The highest BCUT2D eigenvalue weighted by Gasteiger charge is 2.20. The molecule has 134 valence electrons. The molecule has 0 aliphatic carbocycles. The first-order valence-corrected chi connectivity index (χ1v) is 8.31. The van der Waals surface area contributed by atoms with E-state index in [4.69, 9.17) is 4.74 Å². The van der Waals surface area contributed by atoms with Gasteiger partial charge in [-0.1, -0.05) is 30.3 Å². The van der Waals surface area contributed by atoms with E-state index in [9.17, 15) is 9.90 Å². The number of carbonyl (C=O) groups excluding carboxylic acids is 1. The van der Waals surface area contributed by atoms with Crippen LogP contribution >= 0.6 is 0 Å². The van der Waals surface area contributed by atoms with Crippen molar-refractivity contribution in [3.05, 3.63) is 72.1 Å². The number of hydrogen-bond donors (Lipinski definition) is 3. The Morgan fingerprint density at radius 2 is 2.00 bits per heavy atom. The molecule has 3 rings (SSSR count). The smallest absolute Gasteiger partial charge is 0.251 e. The Kier molecular flexibility index (Phi) is 5.34. The zero-order valence-electron chi connectivity index (χ0n) is 14.6. The maximum atomic E-state index is 12.6. The second kappa shape index (κ2) is 7.84. The molecule has 3 aromatic rings. The van der Waals surface area contributed by atoms with Crippen LogP contribution in [0.4, 0.5) is 0 Å². The maximum absolute atomic E-state index is 12.6. The number of carbonyl (C=O) groups is 1. The summed E-state index contributed by atoms with van der Waals surface area (Å²) in [5, 5.41) is 19.9. The maximum Gasteiger partial charge on any atom is 0.251 e. The summed E-state index contributed by atoms with van der Waals surface area (Å²) in [5.41, 5.74) is 2.94. The van der Waals surface area contributed by atoms with Crippen LogP contribution in [0.15, 0.2) is 60.9 Å². The van der Waals surface area contributed by atoms with E-state index in [-0.39, 0.29) is 5.91 Å². The van der Waals surface area contributed by atoms with Crippen molar-refractivity contribution in [2.24, 2.45) is 0 Å². The lowest BCUT2D eigenvalue weighted by molar-refractivity contribution is 0.0852. The van der Waals surface area contributed by atoms with Gasteiger partial charge < -0.3 is 15.2 Å². The number of hydrogen-bond acceptors (Lipinski definition) is 4. The fourth-order valence-corrected chi connectivity index (χ4v) is 2.78. The van der Waals surface area contributed by atoms with Crippen molar-refractivity contribution in [2.45, 2.75) is 19.1 Å². The van der Waals surface area contributed by atoms with E-state index in [0.717, 1.165) is 16.7 Å². The summed E-state index contributed by atoms with van der Waals surface area (Å²) >= 11 is 0. The van der Waals surface area contributed by atoms with Crippen molar-refractivity contribution in [1.82, 2.24) is 15.5 Å². The highest BCUT2D eigenvalue weighted by Crippen LogP contribution is 2.30. The fourth-order valence-electron chi connectivity index (χ4n) is 2.78. The van der Waals surface area contributed by atoms with Gasteiger partial charge in [-0.2, -0.15) is 5.10 Å². The summed E-state index contributed by atoms with van der Waals surface area (Å²) < 4.78 is 5.41. The standard InChI is InChI=1S/C20H21N3O3/c1-13(19(24)14-6-4-3-5-7-14)23-20(25)15-8-9-17(18(10-15)26-2)16-11-21-22-12-16/h3-13,19,24H,1-2H3,(H,21,22)(H,23,25)/t13-,19-/m1/s1. The number of nitrogens with zero attached hydrogens (tertiary/aromatic N) is 1. The molecule has 1 amide bonds. The molecule has 0 bridgehead atoms. The second-order valence-corrected chi connectivity index (χ2v) is 6.02. The third-order valence-corrected chi connectivity index (χ3v) is 4.25. The summed E-state index contributed by atoms with van der Waals surface area (Å²) in [4.78, 5) is 12.6. The third kappa shape index (κ3) is 3.75. The normalized spacial score (nSPS) is 13.0. The number of ether oxygens (including phenoxy) is 1. The molecule has 6 heteroatoms. The van der Waals surface area contributed by atoms with Crippen molar-refractivity contribution in [2.75, 3.05) is 7.11 Å². The molecule has 0 saturated heterocycles. The fraction of sp³-hybridized carbons (Fsp3) is 0.200. The van der Waals surface area contributed by atoms with E-state index >= 15 is 0 Å². The average molecular weight is 351 g/mol. The summed E-state index contributed by atoms with van der Waals surface area (Å²) in [6.45, 7) is 1.77. The Morgan fingerprint density at radius 1 is 1.23 bits per heavy atom. The Balaban J connectivity index is 1.75. The molecule has 1 heterocycles. The molecule has 3 N–H and O–H groups in total. The summed E-state index contributed by atoms with van der Waals surface area (Å²) in [5.74, 6) is 0.305. The molecule has 0 aliphatic heterocycles. The van der Waals surface area contributed by atoms with Crippen LogP contribution < -0.4 is 10.1 Å². The number of aromatic nitrogens is 2. The number of rotatable bonds is 6. The molecular weight excluding hydrogens is 330 g/mol. The summed E-state index contributed by atoms with van der Waals surface area (Å²) in [6, 6.07) is 14.0. The van der Waals surface area contributed by atoms with Gasteiger partial charge in [-0.3, -0.25) is 9.89 Å². The van der Waals surface area contributed by atoms with Gasteiger partial charge in [0, 0.05) is 22.9 Å². The van der Waals surface area contributed by atoms with Crippen LogP contribution in [0.5, 0.6) is 5.75 Å². The number of aromatic amines is 1. The first-order valence-electron chi connectivity index (χ1n) is 8.31. The van der Waals surface area contributed by atoms with Gasteiger partial charge in [0.05, 0.1) is 25.5 Å². The zero-order chi connectivity index (χ0) is 18.5. The van der Waals surface area contributed by atoms with Crippen LogP contribution in [-0.4, -0.2) is 34.4 Å². The minimum atomic E-state index is -0.785.